The molecule has 0 aliphatic carbocycles. The Labute approximate surface area is 256 Å². The first-order valence-electron chi connectivity index (χ1n) is 14.3. The molecule has 0 radical (unpaired) electrons. The van der Waals surface area contributed by atoms with Crippen molar-refractivity contribution < 1.29 is 29.2 Å². The Kier molecular flexibility index (Phi) is 11.1. The Morgan fingerprint density at radius 2 is 1.49 bits per heavy atom. The maximum atomic E-state index is 12.5. The van der Waals surface area contributed by atoms with Crippen molar-refractivity contribution in [3.8, 4) is 11.5 Å². The second-order valence-electron chi connectivity index (χ2n) is 10.1. The summed E-state index contributed by atoms with van der Waals surface area (Å²) < 4.78 is 18.5. The number of hydrogen-bond donors (Lipinski definition) is 4. The average Bonchev–Trinajstić information content (AvgIpc) is 3.05. The quantitative estimate of drug-likeness (QED) is 0.136. The van der Waals surface area contributed by atoms with Gasteiger partial charge < -0.3 is 35.1 Å². The molecule has 1 aliphatic rings. The maximum Gasteiger partial charge on any atom is 0.319 e. The largest absolute Gasteiger partial charge is 0.457 e. The van der Waals surface area contributed by atoms with Crippen LogP contribution < -0.4 is 15.4 Å². The smallest absolute Gasteiger partial charge is 0.319 e. The number of thioether (sulfide) groups is 1. The first kappa shape index (κ1) is 30.6. The van der Waals surface area contributed by atoms with E-state index in [1.54, 1.807) is 36.0 Å². The fourth-order valence-electron chi connectivity index (χ4n) is 4.68. The van der Waals surface area contributed by atoms with Crippen molar-refractivity contribution in [1.29, 1.82) is 0 Å². The maximum absolute atomic E-state index is 12.5. The van der Waals surface area contributed by atoms with Crippen LogP contribution in [0, 0.1) is 0 Å². The number of nitrogens with one attached hydrogen (secondary N) is 2. The lowest BCUT2D eigenvalue weighted by atomic mass is 10.0. The van der Waals surface area contributed by atoms with E-state index in [-0.39, 0.29) is 31.5 Å². The summed E-state index contributed by atoms with van der Waals surface area (Å²) in [5, 5.41) is 24.3. The van der Waals surface area contributed by atoms with E-state index >= 15 is 0 Å². The van der Waals surface area contributed by atoms with Crippen LogP contribution in [0.25, 0.3) is 0 Å². The van der Waals surface area contributed by atoms with E-state index in [9.17, 15) is 15.0 Å². The van der Waals surface area contributed by atoms with Crippen LogP contribution in [0.5, 0.6) is 11.5 Å². The normalized spacial score (nSPS) is 18.1. The van der Waals surface area contributed by atoms with Crippen LogP contribution in [0.4, 0.5) is 10.5 Å². The van der Waals surface area contributed by atoms with Gasteiger partial charge in [-0.1, -0.05) is 66.7 Å². The number of ether oxygens (including phenoxy) is 3. The third-order valence-corrected chi connectivity index (χ3v) is 8.03. The Bertz CT molecular complexity index is 1420. The second-order valence-corrected chi connectivity index (χ2v) is 11.3. The highest BCUT2D eigenvalue weighted by Gasteiger charge is 2.32. The van der Waals surface area contributed by atoms with Gasteiger partial charge in [-0.2, -0.15) is 11.8 Å². The Hall–Kier alpha value is -3.86. The van der Waals surface area contributed by atoms with E-state index in [0.717, 1.165) is 33.8 Å². The van der Waals surface area contributed by atoms with E-state index in [1.807, 2.05) is 78.9 Å². The number of aliphatic hydroxyl groups is 2. The zero-order chi connectivity index (χ0) is 29.9. The van der Waals surface area contributed by atoms with E-state index in [1.165, 1.54) is 0 Å². The van der Waals surface area contributed by atoms with Crippen LogP contribution >= 0.6 is 11.8 Å². The zero-order valence-electron chi connectivity index (χ0n) is 23.7. The van der Waals surface area contributed by atoms with Crippen molar-refractivity contribution in [2.45, 2.75) is 38.1 Å². The SMILES string of the molecule is O=C(NCc1ccc(C2OC(CSCCO)CC(c3ccc(CO)cc3)O2)cc1)Nc1ccc(Oc2ccccc2)cc1. The molecule has 9 heteroatoms. The lowest BCUT2D eigenvalue weighted by Crippen LogP contribution is -2.31. The molecule has 5 rings (SSSR count). The second kappa shape index (κ2) is 15.6. The van der Waals surface area contributed by atoms with Crippen LogP contribution in [-0.2, 0) is 22.6 Å². The Balaban J connectivity index is 1.14. The summed E-state index contributed by atoms with van der Waals surface area (Å²) in [5.74, 6) is 2.85. The van der Waals surface area contributed by atoms with Gasteiger partial charge in [0, 0.05) is 35.7 Å². The molecule has 1 saturated heterocycles. The molecular formula is C34H36N2O6S. The van der Waals surface area contributed by atoms with Gasteiger partial charge in [-0.3, -0.25) is 0 Å². The third-order valence-electron chi connectivity index (χ3n) is 6.95. The number of benzene rings is 4. The van der Waals surface area contributed by atoms with Gasteiger partial charge >= 0.3 is 6.03 Å². The van der Waals surface area contributed by atoms with Gasteiger partial charge in [0.25, 0.3) is 0 Å². The fourth-order valence-corrected chi connectivity index (χ4v) is 5.46. The Morgan fingerprint density at radius 3 is 2.19 bits per heavy atom. The standard InChI is InChI=1S/C34H36N2O6S/c37-18-19-43-23-31-20-32(26-10-8-25(22-38)9-11-26)42-33(41-31)27-12-6-24(7-13-27)21-35-34(39)36-28-14-16-30(17-15-28)40-29-4-2-1-3-5-29/h1-17,31-33,37-38H,18-23H2,(H2,35,36,39). The number of urea groups is 1. The van der Waals surface area contributed by atoms with Crippen LogP contribution in [0.2, 0.25) is 0 Å². The van der Waals surface area contributed by atoms with Gasteiger partial charge in [0.05, 0.1) is 25.4 Å². The number of carbonyl (C=O) groups excluding carboxylic acids is 1. The van der Waals surface area contributed by atoms with E-state index < -0.39 is 6.29 Å². The molecule has 224 valence electrons. The number of anilines is 1. The number of rotatable bonds is 12. The van der Waals surface area contributed by atoms with E-state index in [4.69, 9.17) is 14.2 Å². The van der Waals surface area contributed by atoms with Gasteiger partial charge in [0.1, 0.15) is 11.5 Å². The van der Waals surface area contributed by atoms with Crippen molar-refractivity contribution in [1.82, 2.24) is 5.32 Å². The van der Waals surface area contributed by atoms with Gasteiger partial charge in [0.15, 0.2) is 6.29 Å². The van der Waals surface area contributed by atoms with Crippen LogP contribution in [0.15, 0.2) is 103 Å². The van der Waals surface area contributed by atoms with Gasteiger partial charge in [-0.15, -0.1) is 0 Å². The molecule has 0 aromatic heterocycles. The molecule has 8 nitrogen and oxygen atoms in total. The molecule has 0 saturated carbocycles. The van der Waals surface area contributed by atoms with Gasteiger partial charge in [-0.25, -0.2) is 4.79 Å². The molecule has 4 aromatic carbocycles. The first-order chi connectivity index (χ1) is 21.1. The molecule has 1 heterocycles. The van der Waals surface area contributed by atoms with Crippen molar-refractivity contribution in [3.63, 3.8) is 0 Å². The highest BCUT2D eigenvalue weighted by Crippen LogP contribution is 2.38. The zero-order valence-corrected chi connectivity index (χ0v) is 24.5. The third kappa shape index (κ3) is 9.06. The van der Waals surface area contributed by atoms with E-state index in [0.29, 0.717) is 30.2 Å². The molecule has 3 atom stereocenters. The molecule has 3 unspecified atom stereocenters. The fraction of sp³-hybridized carbons (Fsp3) is 0.265. The number of aliphatic hydroxyl groups excluding tert-OH is 2. The first-order valence-corrected chi connectivity index (χ1v) is 15.4. The minimum absolute atomic E-state index is 0.00144. The lowest BCUT2D eigenvalue weighted by molar-refractivity contribution is -0.245. The number of amides is 2. The summed E-state index contributed by atoms with van der Waals surface area (Å²) >= 11 is 1.66. The predicted molar refractivity (Wildman–Crippen MR) is 168 cm³/mol. The van der Waals surface area contributed by atoms with Crippen LogP contribution in [0.1, 0.15) is 41.1 Å². The summed E-state index contributed by atoms with van der Waals surface area (Å²) in [4.78, 5) is 12.5. The molecule has 43 heavy (non-hydrogen) atoms. The molecular weight excluding hydrogens is 564 g/mol. The highest BCUT2D eigenvalue weighted by molar-refractivity contribution is 7.99. The lowest BCUT2D eigenvalue weighted by Gasteiger charge is -2.36. The number of para-hydroxylation sites is 1. The summed E-state index contributed by atoms with van der Waals surface area (Å²) in [6.45, 7) is 0.485. The van der Waals surface area contributed by atoms with Crippen LogP contribution in [-0.4, -0.2) is 40.5 Å². The van der Waals surface area contributed by atoms with Gasteiger partial charge in [0.2, 0.25) is 0 Å². The van der Waals surface area contributed by atoms with Crippen molar-refractivity contribution in [2.75, 3.05) is 23.4 Å². The summed E-state index contributed by atoms with van der Waals surface area (Å²) in [6.07, 6.45) is -0.0417. The summed E-state index contributed by atoms with van der Waals surface area (Å²) in [7, 11) is 0. The predicted octanol–water partition coefficient (Wildman–Crippen LogP) is 6.56. The molecule has 0 bridgehead atoms. The molecule has 1 aliphatic heterocycles. The molecule has 0 spiro atoms. The van der Waals surface area contributed by atoms with Gasteiger partial charge in [-0.05, 0) is 53.1 Å². The number of hydrogen-bond acceptors (Lipinski definition) is 7. The number of carbonyl (C=O) groups is 1. The monoisotopic (exact) mass is 600 g/mol. The summed E-state index contributed by atoms with van der Waals surface area (Å²) in [5.41, 5.74) is 4.37. The highest BCUT2D eigenvalue weighted by atomic mass is 32.2. The van der Waals surface area contributed by atoms with Crippen molar-refractivity contribution >= 4 is 23.5 Å². The molecule has 4 N–H and O–H groups in total. The summed E-state index contributed by atoms with van der Waals surface area (Å²) in [6, 6.07) is 32.0. The average molecular weight is 601 g/mol. The Morgan fingerprint density at radius 1 is 0.814 bits per heavy atom. The minimum atomic E-state index is -0.546. The van der Waals surface area contributed by atoms with Crippen molar-refractivity contribution in [2.24, 2.45) is 0 Å². The molecule has 2 amide bonds. The molecule has 1 fully saturated rings. The minimum Gasteiger partial charge on any atom is -0.457 e. The van der Waals surface area contributed by atoms with Crippen LogP contribution in [0.3, 0.4) is 0 Å². The van der Waals surface area contributed by atoms with E-state index in [2.05, 4.69) is 10.6 Å². The van der Waals surface area contributed by atoms with Crippen molar-refractivity contribution in [3.05, 3.63) is 125 Å². The molecule has 4 aromatic rings. The topological polar surface area (TPSA) is 109 Å².